The summed E-state index contributed by atoms with van der Waals surface area (Å²) in [4.78, 5) is 24.3. The maximum atomic E-state index is 13.8. The molecule has 3 aromatic carbocycles. The summed E-state index contributed by atoms with van der Waals surface area (Å²) in [7, 11) is 0. The summed E-state index contributed by atoms with van der Waals surface area (Å²) < 4.78 is 27.2. The van der Waals surface area contributed by atoms with Gasteiger partial charge in [0.1, 0.15) is 23.6 Å². The topological polar surface area (TPSA) is 70.7 Å². The molecule has 0 saturated carbocycles. The van der Waals surface area contributed by atoms with Crippen molar-refractivity contribution >= 4 is 27.8 Å². The molecule has 2 aromatic heterocycles. The Bertz CT molecular complexity index is 1490. The highest BCUT2D eigenvalue weighted by Gasteiger charge is 2.13. The van der Waals surface area contributed by atoms with Crippen LogP contribution in [-0.4, -0.2) is 20.9 Å². The number of rotatable bonds is 4. The fourth-order valence-corrected chi connectivity index (χ4v) is 3.83. The number of carbonyl (C=O) groups excluding carboxylic acids is 1. The number of aryl methyl sites for hydroxylation is 1. The Morgan fingerprint density at radius 1 is 1.03 bits per heavy atom. The first kappa shape index (κ1) is 19.8. The van der Waals surface area contributed by atoms with Crippen LogP contribution in [0.2, 0.25) is 0 Å². The lowest BCUT2D eigenvalue weighted by Gasteiger charge is -2.11. The molecule has 1 amide bonds. The van der Waals surface area contributed by atoms with Crippen LogP contribution in [-0.2, 0) is 6.54 Å². The molecule has 7 heteroatoms. The maximum Gasteiger partial charge on any atom is 0.251 e. The van der Waals surface area contributed by atoms with Gasteiger partial charge in [-0.05, 0) is 60.0 Å². The summed E-state index contributed by atoms with van der Waals surface area (Å²) in [6.07, 6.45) is 3.28. The van der Waals surface area contributed by atoms with Crippen LogP contribution in [0.15, 0.2) is 67.1 Å². The van der Waals surface area contributed by atoms with Gasteiger partial charge in [0.2, 0.25) is 0 Å². The summed E-state index contributed by atoms with van der Waals surface area (Å²) in [5, 5.41) is 4.63. The first-order chi connectivity index (χ1) is 15.5. The van der Waals surface area contributed by atoms with Crippen molar-refractivity contribution in [3.63, 3.8) is 0 Å². The third kappa shape index (κ3) is 3.58. The van der Waals surface area contributed by atoms with E-state index in [1.807, 2.05) is 31.2 Å². The zero-order valence-corrected chi connectivity index (χ0v) is 17.1. The van der Waals surface area contributed by atoms with Crippen LogP contribution in [0.3, 0.4) is 0 Å². The van der Waals surface area contributed by atoms with Crippen molar-refractivity contribution in [3.8, 4) is 11.1 Å². The number of carbonyl (C=O) groups is 1. The van der Waals surface area contributed by atoms with Gasteiger partial charge in [-0.1, -0.05) is 18.2 Å². The minimum absolute atomic E-state index is 0.0954. The van der Waals surface area contributed by atoms with Crippen molar-refractivity contribution in [2.24, 2.45) is 0 Å². The third-order valence-corrected chi connectivity index (χ3v) is 5.53. The number of H-pyrrole nitrogens is 1. The van der Waals surface area contributed by atoms with Crippen LogP contribution in [0.1, 0.15) is 21.5 Å². The molecule has 0 saturated heterocycles. The molecule has 2 heterocycles. The number of aromatic nitrogens is 3. The lowest BCUT2D eigenvalue weighted by Crippen LogP contribution is -2.23. The van der Waals surface area contributed by atoms with Crippen molar-refractivity contribution < 1.29 is 13.6 Å². The molecule has 5 nitrogen and oxygen atoms in total. The highest BCUT2D eigenvalue weighted by Crippen LogP contribution is 2.30. The minimum Gasteiger partial charge on any atom is -0.348 e. The van der Waals surface area contributed by atoms with Crippen LogP contribution in [0.25, 0.3) is 33.1 Å². The van der Waals surface area contributed by atoms with E-state index in [4.69, 9.17) is 0 Å². The molecule has 2 N–H and O–H groups in total. The van der Waals surface area contributed by atoms with Crippen molar-refractivity contribution in [2.45, 2.75) is 13.5 Å². The van der Waals surface area contributed by atoms with Crippen LogP contribution in [0.4, 0.5) is 8.78 Å². The zero-order chi connectivity index (χ0) is 22.2. The molecule has 0 aliphatic carbocycles. The molecule has 32 heavy (non-hydrogen) atoms. The predicted octanol–water partition coefficient (Wildman–Crippen LogP) is 5.29. The second kappa shape index (κ2) is 7.85. The number of aromatic amines is 1. The molecule has 0 radical (unpaired) electrons. The largest absolute Gasteiger partial charge is 0.348 e. The first-order valence-corrected chi connectivity index (χ1v) is 10.0. The van der Waals surface area contributed by atoms with E-state index in [9.17, 15) is 13.6 Å². The number of nitrogens with zero attached hydrogens (tertiary/aromatic N) is 2. The summed E-state index contributed by atoms with van der Waals surface area (Å²) in [5.74, 6) is -1.48. The van der Waals surface area contributed by atoms with Gasteiger partial charge in [0.25, 0.3) is 5.91 Å². The number of amides is 1. The Morgan fingerprint density at radius 2 is 1.91 bits per heavy atom. The van der Waals surface area contributed by atoms with E-state index in [1.165, 1.54) is 6.33 Å². The number of halogens is 2. The maximum absolute atomic E-state index is 13.8. The zero-order valence-electron chi connectivity index (χ0n) is 17.1. The SMILES string of the molecule is Cc1ccc(C(=O)NCc2cc(F)ccc2F)cc1-c1ccc2c(c1)[nH]c1ncncc12. The van der Waals surface area contributed by atoms with E-state index in [0.717, 1.165) is 56.8 Å². The van der Waals surface area contributed by atoms with Crippen molar-refractivity contribution in [1.29, 1.82) is 0 Å². The fourth-order valence-electron chi connectivity index (χ4n) is 3.83. The van der Waals surface area contributed by atoms with E-state index >= 15 is 0 Å². The molecule has 5 aromatic rings. The normalized spacial score (nSPS) is 11.2. The van der Waals surface area contributed by atoms with Gasteiger partial charge in [-0.2, -0.15) is 0 Å². The Hall–Kier alpha value is -4.13. The quantitative estimate of drug-likeness (QED) is 0.408. The molecule has 0 bridgehead atoms. The van der Waals surface area contributed by atoms with E-state index in [0.29, 0.717) is 5.56 Å². The Labute approximate surface area is 182 Å². The van der Waals surface area contributed by atoms with Gasteiger partial charge in [0.15, 0.2) is 0 Å². The molecule has 0 fully saturated rings. The average Bonchev–Trinajstić information content (AvgIpc) is 3.17. The number of hydrogen-bond donors (Lipinski definition) is 2. The second-order valence-corrected chi connectivity index (χ2v) is 7.62. The van der Waals surface area contributed by atoms with Gasteiger partial charge in [-0.25, -0.2) is 18.7 Å². The van der Waals surface area contributed by atoms with Gasteiger partial charge in [-0.3, -0.25) is 4.79 Å². The smallest absolute Gasteiger partial charge is 0.251 e. The highest BCUT2D eigenvalue weighted by molar-refractivity contribution is 6.06. The van der Waals surface area contributed by atoms with E-state index in [-0.39, 0.29) is 18.0 Å². The van der Waals surface area contributed by atoms with Crippen molar-refractivity contribution in [3.05, 3.63) is 95.4 Å². The van der Waals surface area contributed by atoms with Gasteiger partial charge in [-0.15, -0.1) is 0 Å². The molecule has 0 aliphatic heterocycles. The molecule has 0 spiro atoms. The Kier molecular flexibility index (Phi) is 4.86. The fraction of sp³-hybridized carbons (Fsp3) is 0.0800. The van der Waals surface area contributed by atoms with Gasteiger partial charge >= 0.3 is 0 Å². The second-order valence-electron chi connectivity index (χ2n) is 7.62. The minimum atomic E-state index is -0.562. The molecule has 0 atom stereocenters. The summed E-state index contributed by atoms with van der Waals surface area (Å²) in [6.45, 7) is 1.87. The molecule has 158 valence electrons. The summed E-state index contributed by atoms with van der Waals surface area (Å²) >= 11 is 0. The number of hydrogen-bond acceptors (Lipinski definition) is 3. The molecular formula is C25H18F2N4O. The average molecular weight is 428 g/mol. The van der Waals surface area contributed by atoms with E-state index < -0.39 is 11.6 Å². The van der Waals surface area contributed by atoms with Gasteiger partial charge < -0.3 is 10.3 Å². The predicted molar refractivity (Wildman–Crippen MR) is 119 cm³/mol. The summed E-state index contributed by atoms with van der Waals surface area (Å²) in [6, 6.07) is 14.6. The standard InChI is InChI=1S/C25H18F2N4O/c1-14-2-3-16(25(32)29-11-17-8-18(26)5-7-22(17)27)9-20(14)15-4-6-19-21-12-28-13-30-24(21)31-23(19)10-15/h2-10,12-13H,11H2,1H3,(H,29,32)(H,28,30,31). The molecule has 0 aliphatic rings. The van der Waals surface area contributed by atoms with Gasteiger partial charge in [0, 0.05) is 40.2 Å². The molecular weight excluding hydrogens is 410 g/mol. The first-order valence-electron chi connectivity index (χ1n) is 10.0. The van der Waals surface area contributed by atoms with Crippen molar-refractivity contribution in [1.82, 2.24) is 20.3 Å². The molecule has 0 unspecified atom stereocenters. The summed E-state index contributed by atoms with van der Waals surface area (Å²) in [5.41, 5.74) is 5.08. The van der Waals surface area contributed by atoms with E-state index in [2.05, 4.69) is 20.3 Å². The van der Waals surface area contributed by atoms with Gasteiger partial charge in [0.05, 0.1) is 0 Å². The number of nitrogens with one attached hydrogen (secondary N) is 2. The Morgan fingerprint density at radius 3 is 2.78 bits per heavy atom. The number of fused-ring (bicyclic) bond motifs is 3. The van der Waals surface area contributed by atoms with Crippen molar-refractivity contribution in [2.75, 3.05) is 0 Å². The lowest BCUT2D eigenvalue weighted by atomic mass is 9.97. The van der Waals surface area contributed by atoms with Crippen LogP contribution >= 0.6 is 0 Å². The third-order valence-electron chi connectivity index (χ3n) is 5.53. The lowest BCUT2D eigenvalue weighted by molar-refractivity contribution is 0.0950. The monoisotopic (exact) mass is 428 g/mol. The highest BCUT2D eigenvalue weighted by atomic mass is 19.1. The van der Waals surface area contributed by atoms with Crippen LogP contribution in [0.5, 0.6) is 0 Å². The Balaban J connectivity index is 1.45. The van der Waals surface area contributed by atoms with Crippen LogP contribution in [0, 0.1) is 18.6 Å². The number of benzene rings is 3. The molecule has 5 rings (SSSR count). The van der Waals surface area contributed by atoms with Crippen LogP contribution < -0.4 is 5.32 Å². The van der Waals surface area contributed by atoms with E-state index in [1.54, 1.807) is 18.3 Å².